The van der Waals surface area contributed by atoms with Crippen LogP contribution >= 0.6 is 11.8 Å². The molecular weight excluding hydrogens is 264 g/mol. The van der Waals surface area contributed by atoms with Gasteiger partial charge in [0.1, 0.15) is 5.44 Å². The SMILES string of the molecule is COC1C=CCC(c2ccccc2)(c2ccccc2)S1. The predicted octanol–water partition coefficient (Wildman–Crippen LogP) is 4.60. The molecule has 1 nitrogen and oxygen atoms in total. The lowest BCUT2D eigenvalue weighted by atomic mass is 9.87. The van der Waals surface area contributed by atoms with Gasteiger partial charge in [-0.3, -0.25) is 0 Å². The fraction of sp³-hybridized carbons (Fsp3) is 0.222. The van der Waals surface area contributed by atoms with Gasteiger partial charge in [-0.25, -0.2) is 0 Å². The van der Waals surface area contributed by atoms with E-state index in [9.17, 15) is 0 Å². The molecule has 0 aliphatic carbocycles. The Labute approximate surface area is 124 Å². The third-order valence-electron chi connectivity index (χ3n) is 3.73. The molecule has 2 aromatic rings. The molecule has 3 rings (SSSR count). The first-order chi connectivity index (χ1) is 9.85. The van der Waals surface area contributed by atoms with Crippen molar-refractivity contribution in [1.29, 1.82) is 0 Å². The van der Waals surface area contributed by atoms with Crippen LogP contribution in [0.5, 0.6) is 0 Å². The average Bonchev–Trinajstić information content (AvgIpc) is 2.56. The standard InChI is InChI=1S/C18H18OS/c1-19-17-13-8-14-18(20-17,15-9-4-2-5-10-15)16-11-6-3-7-12-16/h2-13,17H,14H2,1H3. The van der Waals surface area contributed by atoms with Crippen LogP contribution in [0.15, 0.2) is 72.8 Å². The lowest BCUT2D eigenvalue weighted by Crippen LogP contribution is -2.29. The Morgan fingerprint density at radius 3 is 2.00 bits per heavy atom. The van der Waals surface area contributed by atoms with Crippen LogP contribution in [0.1, 0.15) is 17.5 Å². The largest absolute Gasteiger partial charge is 0.367 e. The van der Waals surface area contributed by atoms with E-state index in [1.807, 2.05) is 11.8 Å². The number of ether oxygens (including phenoxy) is 1. The van der Waals surface area contributed by atoms with Crippen LogP contribution in [0.2, 0.25) is 0 Å². The van der Waals surface area contributed by atoms with Crippen LogP contribution in [0.3, 0.4) is 0 Å². The summed E-state index contributed by atoms with van der Waals surface area (Å²) in [5, 5.41) is 0. The number of rotatable bonds is 3. The third kappa shape index (κ3) is 2.41. The van der Waals surface area contributed by atoms with Gasteiger partial charge in [-0.2, -0.15) is 0 Å². The molecule has 1 heterocycles. The van der Waals surface area contributed by atoms with Crippen molar-refractivity contribution in [1.82, 2.24) is 0 Å². The topological polar surface area (TPSA) is 9.23 Å². The lowest BCUT2D eigenvalue weighted by Gasteiger charge is -2.38. The Kier molecular flexibility index (Phi) is 3.95. The Balaban J connectivity index is 2.11. The summed E-state index contributed by atoms with van der Waals surface area (Å²) < 4.78 is 5.51. The molecule has 1 unspecified atom stereocenters. The van der Waals surface area contributed by atoms with Crippen LogP contribution in [-0.2, 0) is 9.48 Å². The zero-order chi connectivity index (χ0) is 13.8. The second-order valence-electron chi connectivity index (χ2n) is 4.91. The zero-order valence-electron chi connectivity index (χ0n) is 11.5. The summed E-state index contributed by atoms with van der Waals surface area (Å²) in [6.07, 6.45) is 5.38. The van der Waals surface area contributed by atoms with Gasteiger partial charge in [0.15, 0.2) is 0 Å². The van der Waals surface area contributed by atoms with E-state index in [1.165, 1.54) is 11.1 Å². The molecule has 1 aliphatic heterocycles. The van der Waals surface area contributed by atoms with E-state index in [0.29, 0.717) is 0 Å². The van der Waals surface area contributed by atoms with Gasteiger partial charge in [0.05, 0.1) is 4.75 Å². The maximum atomic E-state index is 5.57. The van der Waals surface area contributed by atoms with E-state index in [4.69, 9.17) is 4.74 Å². The van der Waals surface area contributed by atoms with Crippen molar-refractivity contribution in [3.63, 3.8) is 0 Å². The molecule has 0 amide bonds. The minimum absolute atomic E-state index is 0.0576. The number of hydrogen-bond acceptors (Lipinski definition) is 2. The summed E-state index contributed by atoms with van der Waals surface area (Å²) in [5.74, 6) is 0. The number of hydrogen-bond donors (Lipinski definition) is 0. The maximum Gasteiger partial charge on any atom is 0.122 e. The van der Waals surface area contributed by atoms with Gasteiger partial charge in [-0.05, 0) is 23.6 Å². The molecule has 1 atom stereocenters. The van der Waals surface area contributed by atoms with Gasteiger partial charge in [0.2, 0.25) is 0 Å². The molecule has 102 valence electrons. The second kappa shape index (κ2) is 5.86. The van der Waals surface area contributed by atoms with Crippen LogP contribution in [-0.4, -0.2) is 12.5 Å². The van der Waals surface area contributed by atoms with Gasteiger partial charge in [0, 0.05) is 7.11 Å². The molecule has 0 saturated carbocycles. The second-order valence-corrected chi connectivity index (χ2v) is 6.31. The molecule has 20 heavy (non-hydrogen) atoms. The van der Waals surface area contributed by atoms with Crippen molar-refractivity contribution in [3.05, 3.63) is 83.9 Å². The highest BCUT2D eigenvalue weighted by Gasteiger charge is 2.38. The summed E-state index contributed by atoms with van der Waals surface area (Å²) in [5.41, 5.74) is 2.77. The minimum Gasteiger partial charge on any atom is -0.367 e. The van der Waals surface area contributed by atoms with E-state index in [2.05, 4.69) is 72.8 Å². The fourth-order valence-electron chi connectivity index (χ4n) is 2.71. The van der Waals surface area contributed by atoms with E-state index in [1.54, 1.807) is 7.11 Å². The summed E-state index contributed by atoms with van der Waals surface area (Å²) in [6, 6.07) is 21.4. The fourth-order valence-corrected chi connectivity index (χ4v) is 4.13. The van der Waals surface area contributed by atoms with Gasteiger partial charge >= 0.3 is 0 Å². The molecule has 2 heteroatoms. The summed E-state index contributed by atoms with van der Waals surface area (Å²) in [4.78, 5) is 0. The first-order valence-corrected chi connectivity index (χ1v) is 7.71. The van der Waals surface area contributed by atoms with Crippen LogP contribution in [0, 0.1) is 0 Å². The zero-order valence-corrected chi connectivity index (χ0v) is 12.3. The molecule has 2 aromatic carbocycles. The van der Waals surface area contributed by atoms with Crippen LogP contribution < -0.4 is 0 Å². The highest BCUT2D eigenvalue weighted by molar-refractivity contribution is 8.01. The first kappa shape index (κ1) is 13.5. The molecule has 0 saturated heterocycles. The molecule has 0 bridgehead atoms. The van der Waals surface area contributed by atoms with E-state index < -0.39 is 0 Å². The molecule has 1 aliphatic rings. The van der Waals surface area contributed by atoms with Gasteiger partial charge in [0.25, 0.3) is 0 Å². The van der Waals surface area contributed by atoms with E-state index >= 15 is 0 Å². The lowest BCUT2D eigenvalue weighted by molar-refractivity contribution is 0.204. The van der Waals surface area contributed by atoms with Gasteiger partial charge in [-0.1, -0.05) is 66.7 Å². The molecule has 0 radical (unpaired) electrons. The maximum absolute atomic E-state index is 5.57. The average molecular weight is 282 g/mol. The number of thioether (sulfide) groups is 1. The normalized spacial score (nSPS) is 20.8. The smallest absolute Gasteiger partial charge is 0.122 e. The van der Waals surface area contributed by atoms with Crippen molar-refractivity contribution in [3.8, 4) is 0 Å². The number of methoxy groups -OCH3 is 1. The van der Waals surface area contributed by atoms with Crippen LogP contribution in [0.25, 0.3) is 0 Å². The first-order valence-electron chi connectivity index (χ1n) is 6.83. The van der Waals surface area contributed by atoms with Gasteiger partial charge < -0.3 is 4.74 Å². The number of benzene rings is 2. The minimum atomic E-state index is -0.0576. The summed E-state index contributed by atoms with van der Waals surface area (Å²) in [6.45, 7) is 0. The molecule has 0 N–H and O–H groups in total. The van der Waals surface area contributed by atoms with E-state index in [-0.39, 0.29) is 10.2 Å². The van der Waals surface area contributed by atoms with Crippen molar-refractivity contribution in [2.24, 2.45) is 0 Å². The third-order valence-corrected chi connectivity index (χ3v) is 5.35. The predicted molar refractivity (Wildman–Crippen MR) is 85.8 cm³/mol. The summed E-state index contributed by atoms with van der Waals surface area (Å²) in [7, 11) is 1.77. The summed E-state index contributed by atoms with van der Waals surface area (Å²) >= 11 is 1.88. The highest BCUT2D eigenvalue weighted by Crippen LogP contribution is 2.50. The molecule has 0 aromatic heterocycles. The van der Waals surface area contributed by atoms with Crippen molar-refractivity contribution in [2.45, 2.75) is 16.6 Å². The number of allylic oxidation sites excluding steroid dienone is 1. The van der Waals surface area contributed by atoms with Gasteiger partial charge in [-0.15, -0.1) is 11.8 Å². The molecule has 0 fully saturated rings. The van der Waals surface area contributed by atoms with E-state index in [0.717, 1.165) is 6.42 Å². The Morgan fingerprint density at radius 1 is 0.950 bits per heavy atom. The quantitative estimate of drug-likeness (QED) is 0.761. The Bertz CT molecular complexity index is 537. The monoisotopic (exact) mass is 282 g/mol. The Morgan fingerprint density at radius 2 is 1.50 bits per heavy atom. The van der Waals surface area contributed by atoms with Crippen molar-refractivity contribution >= 4 is 11.8 Å². The van der Waals surface area contributed by atoms with Crippen molar-refractivity contribution in [2.75, 3.05) is 7.11 Å². The van der Waals surface area contributed by atoms with Crippen LogP contribution in [0.4, 0.5) is 0 Å². The Hall–Kier alpha value is -1.51. The molecular formula is C18H18OS. The highest BCUT2D eigenvalue weighted by atomic mass is 32.2. The molecule has 0 spiro atoms. The van der Waals surface area contributed by atoms with Crippen molar-refractivity contribution < 1.29 is 4.74 Å².